The number of hydrogen-bond acceptors (Lipinski definition) is 8. The summed E-state index contributed by atoms with van der Waals surface area (Å²) in [6.07, 6.45) is 3.56. The SMILES string of the molecule is CCCC(=O)CCCc1ccc(-c2ccc(O)c3c2C[C@]2(C)C[C@]4(C)C(C(C)C)C(=O)C(C(C)=O)C(=O)[C@]4(O)C(=O)C2C3=O)c2ccccc12. The Morgan fingerprint density at radius 1 is 0.900 bits per heavy atom. The van der Waals surface area contributed by atoms with Crippen LogP contribution in [0, 0.1) is 34.5 Å². The summed E-state index contributed by atoms with van der Waals surface area (Å²) in [5, 5.41) is 25.4. The number of Topliss-reactive ketones (excluding diaryl/α,β-unsaturated/α-hetero) is 6. The number of phenolic OH excluding ortho intramolecular Hbond substituents is 1. The maximum absolute atomic E-state index is 14.6. The van der Waals surface area contributed by atoms with Crippen LogP contribution in [0.25, 0.3) is 21.9 Å². The van der Waals surface area contributed by atoms with Gasteiger partial charge in [-0.15, -0.1) is 0 Å². The van der Waals surface area contributed by atoms with Gasteiger partial charge in [-0.1, -0.05) is 77.1 Å². The zero-order valence-corrected chi connectivity index (χ0v) is 29.7. The fourth-order valence-corrected chi connectivity index (χ4v) is 10.1. The highest BCUT2D eigenvalue weighted by Gasteiger charge is 2.76. The number of rotatable bonds is 9. The number of aromatic hydroxyl groups is 1. The lowest BCUT2D eigenvalue weighted by atomic mass is 9.40. The number of fused-ring (bicyclic) bond motifs is 4. The maximum atomic E-state index is 14.6. The molecule has 3 aliphatic carbocycles. The molecule has 3 aromatic rings. The number of ketones is 6. The highest BCUT2D eigenvalue weighted by Crippen LogP contribution is 2.64. The van der Waals surface area contributed by atoms with Crippen molar-refractivity contribution in [2.45, 2.75) is 92.1 Å². The van der Waals surface area contributed by atoms with Gasteiger partial charge in [0.25, 0.3) is 0 Å². The lowest BCUT2D eigenvalue weighted by Crippen LogP contribution is -2.76. The van der Waals surface area contributed by atoms with Crippen LogP contribution in [0.4, 0.5) is 0 Å². The van der Waals surface area contributed by atoms with E-state index in [0.29, 0.717) is 18.4 Å². The monoisotopic (exact) mass is 678 g/mol. The molecule has 2 N–H and O–H groups in total. The van der Waals surface area contributed by atoms with E-state index >= 15 is 0 Å². The Labute approximate surface area is 292 Å². The summed E-state index contributed by atoms with van der Waals surface area (Å²) in [6.45, 7) is 10.0. The summed E-state index contributed by atoms with van der Waals surface area (Å²) in [5.41, 5.74) is -2.22. The van der Waals surface area contributed by atoms with Gasteiger partial charge >= 0.3 is 0 Å². The second-order valence-corrected chi connectivity index (χ2v) is 15.8. The highest BCUT2D eigenvalue weighted by atomic mass is 16.3. The standard InChI is InChI=1S/C42H46O8/c1-7-11-25(44)13-10-12-24-16-17-28(27-15-9-8-14-26(24)27)29-18-19-31(45)33-30(29)20-40(5)21-41(6)34(22(2)3)36(46)32(23(4)43)38(48)42(41,50)39(49)35(40)37(33)47/h8-9,14-19,22,32,34-35,45,50H,7,10-13,20-21H2,1-6H3/t32?,34?,35?,40-,41-,42+/m1/s1. The molecule has 0 aliphatic heterocycles. The van der Waals surface area contributed by atoms with E-state index < -0.39 is 69.0 Å². The van der Waals surface area contributed by atoms with Crippen LogP contribution in [0.1, 0.15) is 95.1 Å². The third-order valence-electron chi connectivity index (χ3n) is 12.0. The van der Waals surface area contributed by atoms with Crippen molar-refractivity contribution in [2.24, 2.45) is 34.5 Å². The van der Waals surface area contributed by atoms with Crippen LogP contribution in [0.2, 0.25) is 0 Å². The van der Waals surface area contributed by atoms with Gasteiger partial charge in [0.2, 0.25) is 0 Å². The molecule has 0 spiro atoms. The molecule has 8 nitrogen and oxygen atoms in total. The Balaban J connectivity index is 1.48. The molecule has 6 atom stereocenters. The molecular formula is C42H46O8. The number of carbonyl (C=O) groups is 6. The minimum absolute atomic E-state index is 0.00539. The van der Waals surface area contributed by atoms with E-state index in [1.165, 1.54) is 6.07 Å². The van der Waals surface area contributed by atoms with Crippen molar-refractivity contribution in [3.8, 4) is 16.9 Å². The Kier molecular flexibility index (Phi) is 8.87. The van der Waals surface area contributed by atoms with E-state index in [-0.39, 0.29) is 29.9 Å². The van der Waals surface area contributed by atoms with Gasteiger partial charge in [-0.25, -0.2) is 0 Å². The molecule has 2 fully saturated rings. The van der Waals surface area contributed by atoms with Gasteiger partial charge < -0.3 is 10.2 Å². The zero-order valence-electron chi connectivity index (χ0n) is 29.7. The number of aliphatic hydroxyl groups is 1. The van der Waals surface area contributed by atoms with Crippen molar-refractivity contribution in [3.63, 3.8) is 0 Å². The average molecular weight is 679 g/mol. The van der Waals surface area contributed by atoms with E-state index in [4.69, 9.17) is 0 Å². The molecule has 0 heterocycles. The first-order chi connectivity index (χ1) is 23.5. The summed E-state index contributed by atoms with van der Waals surface area (Å²) >= 11 is 0. The molecular weight excluding hydrogens is 632 g/mol. The summed E-state index contributed by atoms with van der Waals surface area (Å²) < 4.78 is 0. The molecule has 0 amide bonds. The second-order valence-electron chi connectivity index (χ2n) is 15.8. The van der Waals surface area contributed by atoms with Crippen LogP contribution in [-0.4, -0.2) is 50.5 Å². The van der Waals surface area contributed by atoms with Crippen molar-refractivity contribution in [1.82, 2.24) is 0 Å². The van der Waals surface area contributed by atoms with Gasteiger partial charge in [-0.05, 0) is 89.5 Å². The first kappa shape index (κ1) is 35.5. The second kappa shape index (κ2) is 12.5. The van der Waals surface area contributed by atoms with E-state index in [9.17, 15) is 39.0 Å². The summed E-state index contributed by atoms with van der Waals surface area (Å²) in [7, 11) is 0. The lowest BCUT2D eigenvalue weighted by Gasteiger charge is -2.61. The largest absolute Gasteiger partial charge is 0.507 e. The summed E-state index contributed by atoms with van der Waals surface area (Å²) in [5.74, 6) is -8.88. The van der Waals surface area contributed by atoms with Crippen molar-refractivity contribution in [1.29, 1.82) is 0 Å². The smallest absolute Gasteiger partial charge is 0.190 e. The molecule has 3 aliphatic rings. The highest BCUT2D eigenvalue weighted by molar-refractivity contribution is 6.32. The van der Waals surface area contributed by atoms with E-state index in [1.54, 1.807) is 33.8 Å². The fourth-order valence-electron chi connectivity index (χ4n) is 10.1. The fraction of sp³-hybridized carbons (Fsp3) is 0.476. The third kappa shape index (κ3) is 5.04. The molecule has 3 unspecified atom stereocenters. The molecule has 50 heavy (non-hydrogen) atoms. The van der Waals surface area contributed by atoms with Crippen LogP contribution in [0.3, 0.4) is 0 Å². The van der Waals surface area contributed by atoms with Crippen LogP contribution in [-0.2, 0) is 36.8 Å². The predicted molar refractivity (Wildman–Crippen MR) is 189 cm³/mol. The minimum Gasteiger partial charge on any atom is -0.507 e. The van der Waals surface area contributed by atoms with Crippen LogP contribution in [0.15, 0.2) is 48.5 Å². The minimum atomic E-state index is -2.73. The maximum Gasteiger partial charge on any atom is 0.190 e. The quantitative estimate of drug-likeness (QED) is 0.241. The molecule has 8 heteroatoms. The first-order valence-electron chi connectivity index (χ1n) is 17.8. The molecule has 6 rings (SSSR count). The van der Waals surface area contributed by atoms with Gasteiger partial charge in [0.1, 0.15) is 23.2 Å². The van der Waals surface area contributed by atoms with Gasteiger partial charge in [-0.2, -0.15) is 0 Å². The Bertz CT molecular complexity index is 1990. The van der Waals surface area contributed by atoms with Crippen LogP contribution in [0.5, 0.6) is 5.75 Å². The normalized spacial score (nSPS) is 29.2. The van der Waals surface area contributed by atoms with E-state index in [1.807, 2.05) is 43.3 Å². The van der Waals surface area contributed by atoms with Gasteiger partial charge in [-0.3, -0.25) is 28.8 Å². The Hall–Kier alpha value is -4.30. The van der Waals surface area contributed by atoms with Gasteiger partial charge in [0, 0.05) is 24.2 Å². The molecule has 262 valence electrons. The number of benzene rings is 3. The third-order valence-corrected chi connectivity index (χ3v) is 12.0. The van der Waals surface area contributed by atoms with E-state index in [0.717, 1.165) is 53.6 Å². The van der Waals surface area contributed by atoms with Crippen molar-refractivity contribution in [2.75, 3.05) is 0 Å². The predicted octanol–water partition coefficient (Wildman–Crippen LogP) is 6.61. The van der Waals surface area contributed by atoms with Gasteiger partial charge in [0.05, 0.1) is 11.5 Å². The average Bonchev–Trinajstić information content (AvgIpc) is 3.03. The van der Waals surface area contributed by atoms with Crippen LogP contribution >= 0.6 is 0 Å². The number of carbonyl (C=O) groups excluding carboxylic acids is 6. The summed E-state index contributed by atoms with van der Waals surface area (Å²) in [6, 6.07) is 15.2. The number of aryl methyl sites for hydroxylation is 1. The van der Waals surface area contributed by atoms with Crippen molar-refractivity contribution >= 4 is 45.5 Å². The van der Waals surface area contributed by atoms with Crippen molar-refractivity contribution < 1.29 is 39.0 Å². The first-order valence-corrected chi connectivity index (χ1v) is 17.8. The molecule has 2 saturated carbocycles. The van der Waals surface area contributed by atoms with Crippen molar-refractivity contribution in [3.05, 3.63) is 65.2 Å². The summed E-state index contributed by atoms with van der Waals surface area (Å²) in [4.78, 5) is 81.8. The molecule has 0 bridgehead atoms. The molecule has 0 aromatic heterocycles. The Morgan fingerprint density at radius 2 is 1.56 bits per heavy atom. The van der Waals surface area contributed by atoms with E-state index in [2.05, 4.69) is 0 Å². The lowest BCUT2D eigenvalue weighted by molar-refractivity contribution is -0.205. The van der Waals surface area contributed by atoms with Crippen LogP contribution < -0.4 is 0 Å². The topological polar surface area (TPSA) is 143 Å². The van der Waals surface area contributed by atoms with Gasteiger partial charge in [0.15, 0.2) is 28.7 Å². The number of phenols is 1. The Morgan fingerprint density at radius 3 is 2.20 bits per heavy atom. The zero-order chi connectivity index (χ0) is 36.5. The molecule has 0 saturated heterocycles. The number of hydrogen-bond donors (Lipinski definition) is 2. The molecule has 0 radical (unpaired) electrons. The molecule has 3 aromatic carbocycles.